The number of hydrogen-bond donors (Lipinski definition) is 3. The van der Waals surface area contributed by atoms with E-state index in [-0.39, 0.29) is 48.7 Å². The van der Waals surface area contributed by atoms with Crippen LogP contribution in [-0.4, -0.2) is 74.4 Å². The number of nitrogens with one attached hydrogen (secondary N) is 2. The molecule has 0 aliphatic carbocycles. The number of benzene rings is 3. The molecule has 66 heavy (non-hydrogen) atoms. The van der Waals surface area contributed by atoms with Crippen molar-refractivity contribution in [2.75, 3.05) is 25.1 Å². The van der Waals surface area contributed by atoms with Crippen LogP contribution >= 0.6 is 38.8 Å². The molecule has 2 fully saturated rings. The van der Waals surface area contributed by atoms with Gasteiger partial charge in [0.05, 0.1) is 32.3 Å². The number of rotatable bonds is 19. The van der Waals surface area contributed by atoms with Crippen LogP contribution in [0.1, 0.15) is 47.6 Å². The number of aryl methyl sites for hydroxylation is 1. The van der Waals surface area contributed by atoms with Gasteiger partial charge in [-0.25, -0.2) is 18.7 Å². The van der Waals surface area contributed by atoms with Gasteiger partial charge in [-0.15, -0.1) is 0 Å². The Balaban J connectivity index is 1.14. The molecule has 0 bridgehead atoms. The molecule has 0 unspecified atom stereocenters. The first kappa shape index (κ1) is 48.5. The molecule has 2 aliphatic rings. The summed E-state index contributed by atoms with van der Waals surface area (Å²) in [6, 6.07) is 22.9. The highest BCUT2D eigenvalue weighted by Crippen LogP contribution is 2.56. The first-order valence-corrected chi connectivity index (χ1v) is 23.6. The van der Waals surface area contributed by atoms with E-state index in [1.807, 2.05) is 6.07 Å². The molecule has 7 rings (SSSR count). The number of aromatic nitrogens is 4. The Morgan fingerprint density at radius 2 is 1.44 bits per heavy atom. The molecule has 3 N–H and O–H groups in total. The minimum Gasteiger partial charge on any atom is -0.404 e. The second-order valence-corrected chi connectivity index (χ2v) is 18.5. The number of carbonyl (C=O) groups is 1. The number of nitriles is 1. The third kappa shape index (κ3) is 12.3. The van der Waals surface area contributed by atoms with E-state index in [9.17, 15) is 38.7 Å². The van der Waals surface area contributed by atoms with Gasteiger partial charge in [-0.3, -0.25) is 41.8 Å². The fourth-order valence-electron chi connectivity index (χ4n) is 6.66. The number of aromatic amines is 1. The van der Waals surface area contributed by atoms with Crippen molar-refractivity contribution in [3.05, 3.63) is 150 Å². The Hall–Kier alpha value is -5.46. The molecule has 2 aliphatic heterocycles. The summed E-state index contributed by atoms with van der Waals surface area (Å²) in [5, 5.41) is 22.8. The zero-order valence-corrected chi connectivity index (χ0v) is 37.8. The van der Waals surface area contributed by atoms with Crippen molar-refractivity contribution < 1.29 is 55.6 Å². The highest BCUT2D eigenvalue weighted by molar-refractivity contribution is 7.49. The maximum Gasteiger partial charge on any atom is 0.530 e. The quantitative estimate of drug-likeness (QED) is 0.0603. The lowest BCUT2D eigenvalue weighted by atomic mass is 10.2. The lowest BCUT2D eigenvalue weighted by Crippen LogP contribution is -2.33. The summed E-state index contributed by atoms with van der Waals surface area (Å²) in [5.74, 6) is -0.551. The van der Waals surface area contributed by atoms with Crippen LogP contribution in [0.25, 0.3) is 0 Å². The highest BCUT2D eigenvalue weighted by atomic mass is 35.5. The predicted molar refractivity (Wildman–Crippen MR) is 234 cm³/mol. The minimum atomic E-state index is -4.88. The van der Waals surface area contributed by atoms with Gasteiger partial charge in [0.25, 0.3) is 11.5 Å². The molecule has 8 atom stereocenters. The number of halogens is 2. The summed E-state index contributed by atoms with van der Waals surface area (Å²) >= 11 is 12.1. The van der Waals surface area contributed by atoms with E-state index in [0.717, 1.165) is 9.13 Å². The van der Waals surface area contributed by atoms with Crippen LogP contribution in [0.3, 0.4) is 0 Å². The van der Waals surface area contributed by atoms with Gasteiger partial charge in [0.15, 0.2) is 0 Å². The van der Waals surface area contributed by atoms with E-state index in [1.54, 1.807) is 30.3 Å². The van der Waals surface area contributed by atoms with E-state index >= 15 is 0 Å². The average molecular weight is 990 g/mol. The fourth-order valence-corrected chi connectivity index (χ4v) is 9.74. The number of carbonyl (C=O) groups excluding carboxylic acids is 1. The fraction of sp³-hybridized carbons (Fsp3) is 0.317. The van der Waals surface area contributed by atoms with E-state index < -0.39 is 88.6 Å². The summed E-state index contributed by atoms with van der Waals surface area (Å²) in [6.45, 7) is -0.324. The van der Waals surface area contributed by atoms with Crippen molar-refractivity contribution in [3.63, 3.8) is 0 Å². The van der Waals surface area contributed by atoms with Crippen LogP contribution in [0.15, 0.2) is 112 Å². The van der Waals surface area contributed by atoms with Gasteiger partial charge in [-0.2, -0.15) is 10.2 Å². The monoisotopic (exact) mass is 988 g/mol. The smallest absolute Gasteiger partial charge is 0.404 e. The van der Waals surface area contributed by atoms with Gasteiger partial charge in [0.2, 0.25) is 0 Å². The number of aliphatic hydroxyl groups excluding tert-OH is 1. The first-order chi connectivity index (χ1) is 31.6. The number of amides is 1. The molecule has 3 aromatic carbocycles. The Kier molecular flexibility index (Phi) is 15.8. The maximum absolute atomic E-state index is 14.8. The molecule has 2 aromatic heterocycles. The minimum absolute atomic E-state index is 0.0176. The van der Waals surface area contributed by atoms with Gasteiger partial charge >= 0.3 is 27.0 Å². The van der Waals surface area contributed by atoms with Gasteiger partial charge in [0.1, 0.15) is 54.2 Å². The van der Waals surface area contributed by atoms with Crippen LogP contribution in [0.2, 0.25) is 10.0 Å². The third-order valence-corrected chi connectivity index (χ3v) is 13.3. The predicted octanol–water partition coefficient (Wildman–Crippen LogP) is 6.32. The van der Waals surface area contributed by atoms with Gasteiger partial charge in [0, 0.05) is 46.4 Å². The van der Waals surface area contributed by atoms with Crippen LogP contribution in [-0.2, 0) is 36.7 Å². The van der Waals surface area contributed by atoms with Crippen LogP contribution in [0, 0.1) is 18.3 Å². The molecule has 0 spiro atoms. The summed E-state index contributed by atoms with van der Waals surface area (Å²) in [5.41, 5.74) is -1.83. The van der Waals surface area contributed by atoms with Crippen molar-refractivity contribution in [3.8, 4) is 17.6 Å². The van der Waals surface area contributed by atoms with E-state index in [1.165, 1.54) is 73.9 Å². The molecular weight excluding hydrogens is 949 g/mol. The normalized spacial score (nSPS) is 22.2. The molecule has 4 heterocycles. The number of hydrogen-bond acceptors (Lipinski definition) is 17. The third-order valence-electron chi connectivity index (χ3n) is 9.87. The second kappa shape index (κ2) is 21.4. The Morgan fingerprint density at radius 1 is 0.864 bits per heavy atom. The average Bonchev–Trinajstić information content (AvgIpc) is 3.88. The molecule has 5 aromatic rings. The number of phosphoric acid groups is 2. The Labute approximate surface area is 384 Å². The summed E-state index contributed by atoms with van der Waals surface area (Å²) in [6.07, 6.45) is -5.60. The molecule has 25 heteroatoms. The molecular formula is C41H40Cl2N6O15P2. The molecule has 348 valence electrons. The van der Waals surface area contributed by atoms with E-state index in [2.05, 4.69) is 15.3 Å². The topological polar surface area (TPSA) is 271 Å². The van der Waals surface area contributed by atoms with Crippen molar-refractivity contribution in [1.29, 1.82) is 5.26 Å². The van der Waals surface area contributed by atoms with Gasteiger partial charge in [-0.1, -0.05) is 41.4 Å². The van der Waals surface area contributed by atoms with Crippen molar-refractivity contribution in [1.82, 2.24) is 19.1 Å². The zero-order valence-electron chi connectivity index (χ0n) is 34.5. The van der Waals surface area contributed by atoms with E-state index in [0.29, 0.717) is 15.6 Å². The van der Waals surface area contributed by atoms with Crippen molar-refractivity contribution in [2.24, 2.45) is 0 Å². The standard InChI is InChI=1S/C41H40Cl2N6O15P2/c1-25-22-49(41(54)47-38(25)51)37-21-32(64-65(55,57-19-5-17-44)61-29-12-8-27(42)9-13-29)34(60-37)24-58-66(56,62-30-14-10-28(43)11-15-30)63-31-20-36(59-33(31)23-50)48-18-16-35(46-40(48)53)45-39(52)26-6-3-2-4-7-26/h2-4,6-16,18,22,31-34,36-37,50H,5,19-21,23-24H2,1H3,(H,47,51,54)(H,45,46,52,53)/t31-,32+,33+,34+,36+,37+,65-,66-/m1/s1. The SMILES string of the molecule is Cc1cn([C@@H]2C[C@H](O[P@](=O)(OCCC#N)Oc3ccc(Cl)cc3)[C@H](CO[P@](=O)(Oc3ccc(Cl)cc3)O[C@@H]3C[C@@H](n4ccc(NC(=O)c5ccccc5)nc4=O)O[C@H]3CO)O2)c(=O)[nH]c1=O. The van der Waals surface area contributed by atoms with Crippen LogP contribution in [0.4, 0.5) is 5.82 Å². The molecule has 2 saturated heterocycles. The number of ether oxygens (including phenoxy) is 2. The molecule has 0 radical (unpaired) electrons. The van der Waals surface area contributed by atoms with Crippen molar-refractivity contribution >= 4 is 50.6 Å². The van der Waals surface area contributed by atoms with Gasteiger partial charge in [-0.05, 0) is 73.7 Å². The largest absolute Gasteiger partial charge is 0.530 e. The maximum atomic E-state index is 14.8. The lowest BCUT2D eigenvalue weighted by Gasteiger charge is -2.27. The summed E-state index contributed by atoms with van der Waals surface area (Å²) < 4.78 is 78.4. The molecule has 0 saturated carbocycles. The zero-order chi connectivity index (χ0) is 47.0. The Morgan fingerprint density at radius 3 is 2.03 bits per heavy atom. The number of anilines is 1. The lowest BCUT2D eigenvalue weighted by molar-refractivity contribution is -0.0567. The number of H-pyrrole nitrogens is 1. The first-order valence-electron chi connectivity index (χ1n) is 20.0. The van der Waals surface area contributed by atoms with Gasteiger partial charge < -0.3 is 28.9 Å². The number of aliphatic hydroxyl groups is 1. The van der Waals surface area contributed by atoms with Crippen LogP contribution in [0.5, 0.6) is 11.5 Å². The highest BCUT2D eigenvalue weighted by Gasteiger charge is 2.48. The van der Waals surface area contributed by atoms with Crippen molar-refractivity contribution in [2.45, 2.75) is 63.1 Å². The van der Waals surface area contributed by atoms with E-state index in [4.69, 9.17) is 59.8 Å². The van der Waals surface area contributed by atoms with Crippen LogP contribution < -0.4 is 31.3 Å². The summed E-state index contributed by atoms with van der Waals surface area (Å²) in [7, 11) is -9.54. The molecule has 1 amide bonds. The second-order valence-electron chi connectivity index (χ2n) is 14.5. The number of phosphoric ester groups is 2. The number of nitrogens with zero attached hydrogens (tertiary/aromatic N) is 4. The summed E-state index contributed by atoms with van der Waals surface area (Å²) in [4.78, 5) is 57.3. The Bertz CT molecular complexity index is 2830. The molecule has 21 nitrogen and oxygen atoms in total.